The van der Waals surface area contributed by atoms with Crippen molar-refractivity contribution in [2.45, 2.75) is 12.5 Å². The third-order valence-electron chi connectivity index (χ3n) is 4.01. The molecule has 0 bridgehead atoms. The van der Waals surface area contributed by atoms with Crippen LogP contribution in [-0.4, -0.2) is 30.7 Å². The Hall–Kier alpha value is -0.970. The molecule has 1 aromatic heterocycles. The van der Waals surface area contributed by atoms with E-state index in [0.29, 0.717) is 11.1 Å². The second-order valence-electron chi connectivity index (χ2n) is 5.12. The van der Waals surface area contributed by atoms with Crippen molar-refractivity contribution in [2.24, 2.45) is 5.92 Å². The zero-order valence-electron chi connectivity index (χ0n) is 10.3. The summed E-state index contributed by atoms with van der Waals surface area (Å²) in [6.07, 6.45) is 1.22. The van der Waals surface area contributed by atoms with Crippen LogP contribution in [0.25, 0.3) is 11.1 Å². The first kappa shape index (κ1) is 13.0. The van der Waals surface area contributed by atoms with E-state index in [1.807, 2.05) is 18.2 Å². The Morgan fingerprint density at radius 2 is 2.32 bits per heavy atom. The van der Waals surface area contributed by atoms with E-state index >= 15 is 0 Å². The van der Waals surface area contributed by atoms with Crippen molar-refractivity contribution < 1.29 is 4.42 Å². The van der Waals surface area contributed by atoms with Crippen LogP contribution < -0.4 is 10.2 Å². The predicted octanol–water partition coefficient (Wildman–Crippen LogP) is 2.70. The minimum atomic E-state index is 0. The number of oxazole rings is 1. The van der Waals surface area contributed by atoms with Gasteiger partial charge in [0.2, 0.25) is 0 Å². The van der Waals surface area contributed by atoms with Gasteiger partial charge in [-0.1, -0.05) is 11.6 Å². The molecule has 1 N–H and O–H groups in total. The highest BCUT2D eigenvalue weighted by atomic mass is 35.5. The maximum Gasteiger partial charge on any atom is 0.298 e. The van der Waals surface area contributed by atoms with Gasteiger partial charge in [-0.25, -0.2) is 0 Å². The number of nitrogens with one attached hydrogen (secondary N) is 1. The monoisotopic (exact) mass is 299 g/mol. The van der Waals surface area contributed by atoms with Crippen LogP contribution in [0.1, 0.15) is 6.42 Å². The van der Waals surface area contributed by atoms with Gasteiger partial charge in [-0.05, 0) is 37.1 Å². The third-order valence-corrected chi connectivity index (χ3v) is 4.24. The van der Waals surface area contributed by atoms with Gasteiger partial charge in [0, 0.05) is 24.2 Å². The van der Waals surface area contributed by atoms with Crippen molar-refractivity contribution in [1.29, 1.82) is 0 Å². The van der Waals surface area contributed by atoms with Gasteiger partial charge >= 0.3 is 0 Å². The van der Waals surface area contributed by atoms with Gasteiger partial charge in [0.15, 0.2) is 5.58 Å². The van der Waals surface area contributed by atoms with E-state index < -0.39 is 0 Å². The maximum absolute atomic E-state index is 5.96. The standard InChI is InChI=1S/C13H14ClN3O.ClH/c14-9-1-2-12-10(5-9)16-13(18-12)17-4-3-8-6-15-11(8)7-17;/h1-2,5,8,11,15H,3-4,6-7H2;1H/t8-,11-;/m0./s1. The van der Waals surface area contributed by atoms with Crippen LogP contribution in [0.15, 0.2) is 22.6 Å². The van der Waals surface area contributed by atoms with Gasteiger partial charge < -0.3 is 14.6 Å². The number of fused-ring (bicyclic) bond motifs is 2. The molecule has 2 aliphatic rings. The number of nitrogens with zero attached hydrogens (tertiary/aromatic N) is 2. The van der Waals surface area contributed by atoms with E-state index in [1.165, 1.54) is 13.0 Å². The molecule has 0 radical (unpaired) electrons. The molecule has 0 unspecified atom stereocenters. The highest BCUT2D eigenvalue weighted by Crippen LogP contribution is 2.30. The number of anilines is 1. The minimum absolute atomic E-state index is 0. The summed E-state index contributed by atoms with van der Waals surface area (Å²) in [7, 11) is 0. The molecule has 3 heterocycles. The zero-order chi connectivity index (χ0) is 12.1. The van der Waals surface area contributed by atoms with Gasteiger partial charge in [0.25, 0.3) is 6.01 Å². The quantitative estimate of drug-likeness (QED) is 0.879. The molecular formula is C13H15Cl2N3O. The molecule has 2 atom stereocenters. The van der Waals surface area contributed by atoms with E-state index in [4.69, 9.17) is 16.0 Å². The van der Waals surface area contributed by atoms with Crippen molar-refractivity contribution in [3.8, 4) is 0 Å². The number of piperidine rings is 1. The Morgan fingerprint density at radius 3 is 3.05 bits per heavy atom. The molecule has 6 heteroatoms. The molecule has 0 spiro atoms. The predicted molar refractivity (Wildman–Crippen MR) is 78.4 cm³/mol. The number of halogens is 2. The molecule has 4 rings (SSSR count). The Labute approximate surface area is 122 Å². The molecule has 4 nitrogen and oxygen atoms in total. The fourth-order valence-corrected chi connectivity index (χ4v) is 2.98. The van der Waals surface area contributed by atoms with Gasteiger partial charge in [0.05, 0.1) is 0 Å². The van der Waals surface area contributed by atoms with Gasteiger partial charge in [-0.3, -0.25) is 0 Å². The van der Waals surface area contributed by atoms with Gasteiger partial charge in [0.1, 0.15) is 5.52 Å². The van der Waals surface area contributed by atoms with Crippen molar-refractivity contribution in [1.82, 2.24) is 10.3 Å². The van der Waals surface area contributed by atoms with Crippen LogP contribution in [-0.2, 0) is 0 Å². The van der Waals surface area contributed by atoms with Crippen LogP contribution >= 0.6 is 24.0 Å². The van der Waals surface area contributed by atoms with E-state index in [9.17, 15) is 0 Å². The van der Waals surface area contributed by atoms with E-state index in [-0.39, 0.29) is 12.4 Å². The SMILES string of the molecule is Cl.Clc1ccc2oc(N3CC[C@H]4CN[C@H]4C3)nc2c1. The van der Waals surface area contributed by atoms with Gasteiger partial charge in [-0.15, -0.1) is 12.4 Å². The lowest BCUT2D eigenvalue weighted by atomic mass is 9.85. The molecule has 1 aromatic carbocycles. The normalized spacial score (nSPS) is 25.6. The fraction of sp³-hybridized carbons (Fsp3) is 0.462. The first-order valence-corrected chi connectivity index (χ1v) is 6.72. The van der Waals surface area contributed by atoms with Crippen molar-refractivity contribution in [3.05, 3.63) is 23.2 Å². The van der Waals surface area contributed by atoms with Gasteiger partial charge in [-0.2, -0.15) is 4.98 Å². The van der Waals surface area contributed by atoms with E-state index in [2.05, 4.69) is 15.2 Å². The molecule has 2 aliphatic heterocycles. The van der Waals surface area contributed by atoms with Crippen LogP contribution in [0, 0.1) is 5.92 Å². The van der Waals surface area contributed by atoms with Crippen LogP contribution in [0.4, 0.5) is 6.01 Å². The summed E-state index contributed by atoms with van der Waals surface area (Å²) in [5.41, 5.74) is 1.64. The molecule has 2 aromatic rings. The smallest absolute Gasteiger partial charge is 0.298 e. The lowest BCUT2D eigenvalue weighted by Gasteiger charge is -2.45. The zero-order valence-corrected chi connectivity index (χ0v) is 11.9. The summed E-state index contributed by atoms with van der Waals surface area (Å²) < 4.78 is 5.80. The van der Waals surface area contributed by atoms with Crippen LogP contribution in [0.3, 0.4) is 0 Å². The molecule has 2 saturated heterocycles. The number of rotatable bonds is 1. The maximum atomic E-state index is 5.96. The van der Waals surface area contributed by atoms with E-state index in [0.717, 1.165) is 36.1 Å². The van der Waals surface area contributed by atoms with Crippen LogP contribution in [0.5, 0.6) is 0 Å². The summed E-state index contributed by atoms with van der Waals surface area (Å²) in [6, 6.07) is 6.89. The number of benzene rings is 1. The lowest BCUT2D eigenvalue weighted by Crippen LogP contribution is -2.62. The molecular weight excluding hydrogens is 285 g/mol. The summed E-state index contributed by atoms with van der Waals surface area (Å²) in [5.74, 6) is 0.847. The first-order chi connectivity index (χ1) is 8.79. The Kier molecular flexibility index (Phi) is 3.33. The average molecular weight is 300 g/mol. The molecule has 0 saturated carbocycles. The summed E-state index contributed by atoms with van der Waals surface area (Å²) in [6.45, 7) is 3.19. The van der Waals surface area contributed by atoms with E-state index in [1.54, 1.807) is 0 Å². The topological polar surface area (TPSA) is 41.3 Å². The summed E-state index contributed by atoms with van der Waals surface area (Å²) in [4.78, 5) is 6.75. The molecule has 0 aliphatic carbocycles. The molecule has 19 heavy (non-hydrogen) atoms. The number of hydrogen-bond donors (Lipinski definition) is 1. The Morgan fingerprint density at radius 1 is 1.42 bits per heavy atom. The number of aromatic nitrogens is 1. The number of hydrogen-bond acceptors (Lipinski definition) is 4. The second-order valence-corrected chi connectivity index (χ2v) is 5.55. The average Bonchev–Trinajstić information content (AvgIpc) is 2.73. The summed E-state index contributed by atoms with van der Waals surface area (Å²) in [5, 5.41) is 4.15. The van der Waals surface area contributed by atoms with Crippen molar-refractivity contribution >= 4 is 41.1 Å². The third kappa shape index (κ3) is 2.18. The Balaban J connectivity index is 0.00000110. The first-order valence-electron chi connectivity index (χ1n) is 6.34. The van der Waals surface area contributed by atoms with Crippen LogP contribution in [0.2, 0.25) is 5.02 Å². The van der Waals surface area contributed by atoms with Crippen molar-refractivity contribution in [3.63, 3.8) is 0 Å². The molecule has 102 valence electrons. The lowest BCUT2D eigenvalue weighted by molar-refractivity contribution is 0.193. The van der Waals surface area contributed by atoms with Crippen molar-refractivity contribution in [2.75, 3.05) is 24.5 Å². The Bertz CT molecular complexity index is 601. The summed E-state index contributed by atoms with van der Waals surface area (Å²) >= 11 is 5.96. The second kappa shape index (κ2) is 4.85. The fourth-order valence-electron chi connectivity index (χ4n) is 2.82. The molecule has 0 amide bonds. The highest BCUT2D eigenvalue weighted by Gasteiger charge is 2.36. The molecule has 2 fully saturated rings. The highest BCUT2D eigenvalue weighted by molar-refractivity contribution is 6.31. The largest absolute Gasteiger partial charge is 0.423 e. The minimum Gasteiger partial charge on any atom is -0.423 e.